The SMILES string of the molecule is Cc1cccc(NC(=S)NC(=O)c2ccc(OCc3ccccc3)cc2)n1. The first-order valence-corrected chi connectivity index (χ1v) is 8.84. The topological polar surface area (TPSA) is 63.2 Å². The Hall–Kier alpha value is -3.25. The van der Waals surface area contributed by atoms with Gasteiger partial charge in [-0.1, -0.05) is 36.4 Å². The summed E-state index contributed by atoms with van der Waals surface area (Å²) in [5.74, 6) is 0.986. The number of carbonyl (C=O) groups is 1. The predicted molar refractivity (Wildman–Crippen MR) is 110 cm³/mol. The van der Waals surface area contributed by atoms with Crippen LogP contribution in [0.4, 0.5) is 5.82 Å². The molecule has 0 saturated carbocycles. The number of amides is 1. The summed E-state index contributed by atoms with van der Waals surface area (Å²) >= 11 is 5.17. The van der Waals surface area contributed by atoms with Gasteiger partial charge in [-0.05, 0) is 61.1 Å². The molecule has 3 rings (SSSR count). The third-order valence-corrected chi connectivity index (χ3v) is 3.93. The Kier molecular flexibility index (Phi) is 6.12. The molecule has 0 spiro atoms. The maximum Gasteiger partial charge on any atom is 0.257 e. The first-order valence-electron chi connectivity index (χ1n) is 8.43. The molecule has 0 fully saturated rings. The molecule has 6 heteroatoms. The molecule has 0 bridgehead atoms. The van der Waals surface area contributed by atoms with Crippen LogP contribution in [0.1, 0.15) is 21.6 Å². The van der Waals surface area contributed by atoms with Gasteiger partial charge in [-0.25, -0.2) is 4.98 Å². The Morgan fingerprint density at radius 1 is 1.00 bits per heavy atom. The molecule has 0 radical (unpaired) electrons. The minimum atomic E-state index is -0.297. The maximum atomic E-state index is 12.3. The lowest BCUT2D eigenvalue weighted by Gasteiger charge is -2.10. The Morgan fingerprint density at radius 3 is 2.44 bits per heavy atom. The summed E-state index contributed by atoms with van der Waals surface area (Å²) < 4.78 is 5.72. The van der Waals surface area contributed by atoms with E-state index in [4.69, 9.17) is 17.0 Å². The summed E-state index contributed by atoms with van der Waals surface area (Å²) in [5.41, 5.74) is 2.43. The fraction of sp³-hybridized carbons (Fsp3) is 0.0952. The van der Waals surface area contributed by atoms with E-state index >= 15 is 0 Å². The Balaban J connectivity index is 1.53. The van der Waals surface area contributed by atoms with Gasteiger partial charge in [-0.3, -0.25) is 10.1 Å². The molecule has 0 atom stereocenters. The third kappa shape index (κ3) is 5.62. The first-order chi connectivity index (χ1) is 13.1. The van der Waals surface area contributed by atoms with Crippen LogP contribution in [0.25, 0.3) is 0 Å². The normalized spacial score (nSPS) is 10.1. The number of benzene rings is 2. The number of carbonyl (C=O) groups excluding carboxylic acids is 1. The van der Waals surface area contributed by atoms with E-state index in [-0.39, 0.29) is 11.0 Å². The number of anilines is 1. The largest absolute Gasteiger partial charge is 0.489 e. The fourth-order valence-electron chi connectivity index (χ4n) is 2.38. The van der Waals surface area contributed by atoms with E-state index in [1.807, 2.05) is 49.4 Å². The van der Waals surface area contributed by atoms with Crippen LogP contribution in [-0.4, -0.2) is 16.0 Å². The third-order valence-electron chi connectivity index (χ3n) is 3.72. The number of rotatable bonds is 5. The average molecular weight is 377 g/mol. The van der Waals surface area contributed by atoms with Crippen LogP contribution in [0.5, 0.6) is 5.75 Å². The molecular weight excluding hydrogens is 358 g/mol. The highest BCUT2D eigenvalue weighted by Crippen LogP contribution is 2.14. The smallest absolute Gasteiger partial charge is 0.257 e. The van der Waals surface area contributed by atoms with Gasteiger partial charge in [0, 0.05) is 11.3 Å². The molecule has 3 aromatic rings. The highest BCUT2D eigenvalue weighted by atomic mass is 32.1. The number of nitrogens with zero attached hydrogens (tertiary/aromatic N) is 1. The molecule has 1 aromatic heterocycles. The Bertz CT molecular complexity index is 928. The molecule has 0 saturated heterocycles. The Morgan fingerprint density at radius 2 is 1.74 bits per heavy atom. The lowest BCUT2D eigenvalue weighted by atomic mass is 10.2. The lowest BCUT2D eigenvalue weighted by Crippen LogP contribution is -2.34. The van der Waals surface area contributed by atoms with Crippen molar-refractivity contribution >= 4 is 29.1 Å². The second-order valence-corrected chi connectivity index (χ2v) is 6.28. The van der Waals surface area contributed by atoms with Gasteiger partial charge in [-0.15, -0.1) is 0 Å². The van der Waals surface area contributed by atoms with E-state index in [9.17, 15) is 4.79 Å². The van der Waals surface area contributed by atoms with Crippen LogP contribution < -0.4 is 15.4 Å². The summed E-state index contributed by atoms with van der Waals surface area (Å²) in [4.78, 5) is 16.6. The molecule has 27 heavy (non-hydrogen) atoms. The van der Waals surface area contributed by atoms with Crippen molar-refractivity contribution in [3.63, 3.8) is 0 Å². The van der Waals surface area contributed by atoms with Crippen LogP contribution >= 0.6 is 12.2 Å². The van der Waals surface area contributed by atoms with Gasteiger partial charge in [0.05, 0.1) is 0 Å². The highest BCUT2D eigenvalue weighted by Gasteiger charge is 2.09. The van der Waals surface area contributed by atoms with Gasteiger partial charge in [0.1, 0.15) is 18.2 Å². The zero-order valence-corrected chi connectivity index (χ0v) is 15.6. The van der Waals surface area contributed by atoms with Crippen LogP contribution in [0.15, 0.2) is 72.8 Å². The summed E-state index contributed by atoms with van der Waals surface area (Å²) in [6, 6.07) is 22.3. The van der Waals surface area contributed by atoms with Gasteiger partial charge in [-0.2, -0.15) is 0 Å². The van der Waals surface area contributed by atoms with Crippen molar-refractivity contribution in [3.8, 4) is 5.75 Å². The molecule has 136 valence electrons. The summed E-state index contributed by atoms with van der Waals surface area (Å²) in [7, 11) is 0. The monoisotopic (exact) mass is 377 g/mol. The van der Waals surface area contributed by atoms with Crippen molar-refractivity contribution in [1.29, 1.82) is 0 Å². The van der Waals surface area contributed by atoms with Crippen molar-refractivity contribution in [3.05, 3.63) is 89.6 Å². The summed E-state index contributed by atoms with van der Waals surface area (Å²) in [6.45, 7) is 2.36. The number of ether oxygens (including phenoxy) is 1. The zero-order valence-electron chi connectivity index (χ0n) is 14.8. The van der Waals surface area contributed by atoms with Gasteiger partial charge >= 0.3 is 0 Å². The number of pyridine rings is 1. The Labute approximate surface area is 163 Å². The van der Waals surface area contributed by atoms with Crippen molar-refractivity contribution < 1.29 is 9.53 Å². The number of aromatic nitrogens is 1. The van der Waals surface area contributed by atoms with Crippen LogP contribution in [0.3, 0.4) is 0 Å². The number of nitrogens with one attached hydrogen (secondary N) is 2. The minimum absolute atomic E-state index is 0.197. The average Bonchev–Trinajstić information content (AvgIpc) is 2.67. The number of hydrogen-bond donors (Lipinski definition) is 2. The van der Waals surface area contributed by atoms with Gasteiger partial charge in [0.2, 0.25) is 0 Å². The van der Waals surface area contributed by atoms with Gasteiger partial charge in [0.15, 0.2) is 5.11 Å². The number of hydrogen-bond acceptors (Lipinski definition) is 4. The van der Waals surface area contributed by atoms with Crippen LogP contribution in [0, 0.1) is 6.92 Å². The molecular formula is C21H19N3O2S. The fourth-order valence-corrected chi connectivity index (χ4v) is 2.58. The molecule has 0 aliphatic heterocycles. The standard InChI is InChI=1S/C21H19N3O2S/c1-15-6-5-9-19(22-15)23-21(27)24-20(25)17-10-12-18(13-11-17)26-14-16-7-3-2-4-8-16/h2-13H,14H2,1H3,(H2,22,23,24,25,27). The lowest BCUT2D eigenvalue weighted by molar-refractivity contribution is 0.0977. The van der Waals surface area contributed by atoms with E-state index in [0.29, 0.717) is 23.7 Å². The van der Waals surface area contributed by atoms with E-state index < -0.39 is 0 Å². The second kappa shape index (κ2) is 8.91. The van der Waals surface area contributed by atoms with E-state index in [1.54, 1.807) is 30.3 Å². The molecule has 0 aliphatic rings. The minimum Gasteiger partial charge on any atom is -0.489 e. The van der Waals surface area contributed by atoms with E-state index in [2.05, 4.69) is 15.6 Å². The summed E-state index contributed by atoms with van der Waals surface area (Å²) in [5, 5.41) is 5.74. The maximum absolute atomic E-state index is 12.3. The molecule has 1 amide bonds. The molecule has 5 nitrogen and oxygen atoms in total. The van der Waals surface area contributed by atoms with Crippen molar-refractivity contribution in [2.75, 3.05) is 5.32 Å². The van der Waals surface area contributed by atoms with Crippen LogP contribution in [0.2, 0.25) is 0 Å². The van der Waals surface area contributed by atoms with E-state index in [0.717, 1.165) is 11.3 Å². The number of thiocarbonyl (C=S) groups is 1. The van der Waals surface area contributed by atoms with Crippen molar-refractivity contribution in [1.82, 2.24) is 10.3 Å². The number of aryl methyl sites for hydroxylation is 1. The molecule has 0 unspecified atom stereocenters. The van der Waals surface area contributed by atoms with Gasteiger partial charge in [0.25, 0.3) is 5.91 Å². The first kappa shape index (κ1) is 18.5. The highest BCUT2D eigenvalue weighted by molar-refractivity contribution is 7.80. The van der Waals surface area contributed by atoms with Crippen LogP contribution in [-0.2, 0) is 6.61 Å². The molecule has 0 aliphatic carbocycles. The predicted octanol–water partition coefficient (Wildman–Crippen LogP) is 4.10. The molecule has 2 N–H and O–H groups in total. The molecule has 1 heterocycles. The van der Waals surface area contributed by atoms with Crippen molar-refractivity contribution in [2.24, 2.45) is 0 Å². The zero-order chi connectivity index (χ0) is 19.1. The molecule has 2 aromatic carbocycles. The van der Waals surface area contributed by atoms with Crippen molar-refractivity contribution in [2.45, 2.75) is 13.5 Å². The summed E-state index contributed by atoms with van der Waals surface area (Å²) in [6.07, 6.45) is 0. The quantitative estimate of drug-likeness (QED) is 0.656. The second-order valence-electron chi connectivity index (χ2n) is 5.87. The van der Waals surface area contributed by atoms with E-state index in [1.165, 1.54) is 0 Å². The van der Waals surface area contributed by atoms with Gasteiger partial charge < -0.3 is 10.1 Å².